The highest BCUT2D eigenvalue weighted by molar-refractivity contribution is 8.77. The van der Waals surface area contributed by atoms with Gasteiger partial charge in [-0.25, -0.2) is 24.8 Å². The Morgan fingerprint density at radius 2 is 1.77 bits per heavy atom. The zero-order valence-electron chi connectivity index (χ0n) is 48.6. The van der Waals surface area contributed by atoms with Gasteiger partial charge in [0.2, 0.25) is 23.6 Å². The number of amides is 6. The van der Waals surface area contributed by atoms with Gasteiger partial charge in [-0.1, -0.05) is 63.9 Å². The lowest BCUT2D eigenvalue weighted by molar-refractivity contribution is -0.197. The fourth-order valence-electron chi connectivity index (χ4n) is 9.84. The molecule has 6 amide bonds. The molecule has 83 heavy (non-hydrogen) atoms. The van der Waals surface area contributed by atoms with Crippen LogP contribution in [-0.2, 0) is 65.5 Å². The van der Waals surface area contributed by atoms with E-state index in [0.29, 0.717) is 53.1 Å². The maximum atomic E-state index is 14.3. The fourth-order valence-corrected chi connectivity index (χ4v) is 12.6. The van der Waals surface area contributed by atoms with Crippen molar-refractivity contribution in [2.45, 2.75) is 165 Å². The Morgan fingerprint density at radius 1 is 1.05 bits per heavy atom. The van der Waals surface area contributed by atoms with Crippen molar-refractivity contribution in [1.29, 1.82) is 0 Å². The van der Waals surface area contributed by atoms with Gasteiger partial charge in [0.1, 0.15) is 35.1 Å². The number of aromatic nitrogens is 1. The number of nitrogens with one attached hydrogen (secondary N) is 2. The van der Waals surface area contributed by atoms with Gasteiger partial charge in [-0.05, 0) is 103 Å². The number of fused-ring (bicyclic) bond motifs is 5. The number of hydroxylamine groups is 2. The average Bonchev–Trinajstić information content (AvgIpc) is 3.81. The highest BCUT2D eigenvalue weighted by atomic mass is 35.5. The molecule has 4 bridgehead atoms. The zero-order chi connectivity index (χ0) is 61.0. The number of methoxy groups -OCH3 is 2. The van der Waals surface area contributed by atoms with E-state index in [0.717, 1.165) is 28.8 Å². The number of aryl methyl sites for hydroxylation is 1. The van der Waals surface area contributed by atoms with E-state index in [1.54, 1.807) is 37.3 Å². The number of ether oxygens (including phenoxy) is 5. The van der Waals surface area contributed by atoms with E-state index < -0.39 is 94.4 Å². The molecule has 0 spiro atoms. The van der Waals surface area contributed by atoms with E-state index >= 15 is 0 Å². The van der Waals surface area contributed by atoms with Crippen molar-refractivity contribution in [2.24, 2.45) is 11.0 Å². The van der Waals surface area contributed by atoms with Crippen molar-refractivity contribution in [2.75, 3.05) is 45.6 Å². The number of nitrogens with zero attached hydrogens (tertiary/aromatic N) is 5. The third-order valence-electron chi connectivity index (χ3n) is 14.6. The van der Waals surface area contributed by atoms with Crippen LogP contribution in [0.15, 0.2) is 53.2 Å². The molecular formula is C57H76ClN7O16S2. The number of benzene rings is 1. The van der Waals surface area contributed by atoms with Gasteiger partial charge in [-0.2, -0.15) is 5.10 Å². The minimum Gasteiger partial charge on any atom is -0.495 e. The minimum atomic E-state index is -1.96. The third-order valence-corrected chi connectivity index (χ3v) is 18.3. The molecule has 2 saturated heterocycles. The summed E-state index contributed by atoms with van der Waals surface area (Å²) in [6, 6.07) is 5.81. The lowest BCUT2D eigenvalue weighted by Crippen LogP contribution is -2.63. The highest BCUT2D eigenvalue weighted by Crippen LogP contribution is 2.40. The Kier molecular flexibility index (Phi) is 23.0. The van der Waals surface area contributed by atoms with Gasteiger partial charge in [0.05, 0.1) is 49.3 Å². The second-order valence-electron chi connectivity index (χ2n) is 22.0. The van der Waals surface area contributed by atoms with Crippen LogP contribution in [0.1, 0.15) is 129 Å². The molecule has 1 unspecified atom stereocenters. The van der Waals surface area contributed by atoms with Crippen LogP contribution < -0.4 is 25.1 Å². The summed E-state index contributed by atoms with van der Waals surface area (Å²) in [5.74, 6) is -3.70. The van der Waals surface area contributed by atoms with Crippen LogP contribution in [0, 0.1) is 5.92 Å². The largest absolute Gasteiger partial charge is 0.495 e. The summed E-state index contributed by atoms with van der Waals surface area (Å²) in [6.45, 7) is 10.4. The Bertz CT molecular complexity index is 2850. The molecular weight excluding hydrogens is 1140 g/mol. The molecule has 4 N–H and O–H groups in total. The van der Waals surface area contributed by atoms with E-state index in [9.17, 15) is 48.6 Å². The third kappa shape index (κ3) is 17.9. The van der Waals surface area contributed by atoms with Crippen LogP contribution in [0.3, 0.4) is 0 Å². The van der Waals surface area contributed by atoms with Crippen molar-refractivity contribution in [3.63, 3.8) is 0 Å². The molecule has 6 rings (SSSR count). The van der Waals surface area contributed by atoms with Crippen LogP contribution in [0.25, 0.3) is 0 Å². The predicted octanol–water partition coefficient (Wildman–Crippen LogP) is 6.46. The molecule has 2 aromatic rings. The monoisotopic (exact) mass is 1210 g/mol. The van der Waals surface area contributed by atoms with Crippen molar-refractivity contribution >= 4 is 92.2 Å². The molecule has 0 radical (unpaired) electrons. The number of pyridine rings is 1. The van der Waals surface area contributed by atoms with E-state index in [1.807, 2.05) is 32.9 Å². The van der Waals surface area contributed by atoms with Crippen molar-refractivity contribution < 1.29 is 77.1 Å². The quantitative estimate of drug-likeness (QED) is 0.0386. The standard InChI is InChI=1S/C57H76ClN7O16S2/c1-33-14-11-17-43(77-10)57(75)31-42(79-54(73)60-57)34(2)30-56(6,74)44(29-50(70)64(8)40-27-36(26-33)28-41(76-9)52(40)58)80-53(72)35(3)63(7)47(67)23-25-82-83-55(4,5)32-45(66)62-61-39-16-12-15-38-37(39)19-20-46(59-38)78-24-13-18-51(71)81-65-48(68)21-22-49(65)69/h11,14,17,19-20,27-28,34-35,42-44,74-75H,12-13,15-16,18,21-26,29-32H2,1-10H3,(H,60,73)(H,62,66)/b17-11+,33-14+,61-39-/t34-,35-,42-,43+,44-,56?,57-/m0/s1. The van der Waals surface area contributed by atoms with Crippen molar-refractivity contribution in [3.8, 4) is 11.6 Å². The molecule has 454 valence electrons. The number of alkyl carbamates (subject to hydrolysis) is 1. The first kappa shape index (κ1) is 65.9. The Morgan fingerprint density at radius 3 is 2.47 bits per heavy atom. The molecule has 23 nitrogen and oxygen atoms in total. The fraction of sp³-hybridized carbons (Fsp3) is 0.579. The van der Waals surface area contributed by atoms with E-state index in [2.05, 4.69) is 20.8 Å². The molecule has 26 heteroatoms. The summed E-state index contributed by atoms with van der Waals surface area (Å²) < 4.78 is 28.1. The average molecular weight is 1210 g/mol. The number of imide groups is 1. The smallest absolute Gasteiger partial charge is 0.409 e. The number of halogens is 1. The number of hydrogen-bond acceptors (Lipinski definition) is 20. The van der Waals surface area contributed by atoms with E-state index in [4.69, 9.17) is 40.1 Å². The molecule has 7 atom stereocenters. The second-order valence-corrected chi connectivity index (χ2v) is 25.5. The SMILES string of the molecule is COc1cc2cc(c1Cl)N(C)C(=O)C[C@H](OC(=O)[C@H](C)N(C)C(=O)CCSSC(C)(C)CC(=O)N/N=C1/CCCc3nc(OCCCC(=O)ON4C(=O)CCC4=O)ccc31)C(C)(O)C[C@H](C)[C@@H]1C[C@@](O)(NC(=O)O1)[C@H](OC)/C=C/C=C(\C)C2. The number of rotatable bonds is 19. The maximum absolute atomic E-state index is 14.3. The summed E-state index contributed by atoms with van der Waals surface area (Å²) in [5, 5.41) is 31.7. The Balaban J connectivity index is 1.03. The minimum absolute atomic E-state index is 0.0131. The first-order valence-corrected chi connectivity index (χ1v) is 30.1. The first-order chi connectivity index (χ1) is 39.1. The predicted molar refractivity (Wildman–Crippen MR) is 310 cm³/mol. The van der Waals surface area contributed by atoms with Crippen LogP contribution >= 0.6 is 33.2 Å². The van der Waals surface area contributed by atoms with Crippen molar-refractivity contribution in [1.82, 2.24) is 25.7 Å². The highest BCUT2D eigenvalue weighted by Gasteiger charge is 2.49. The van der Waals surface area contributed by atoms with Crippen molar-refractivity contribution in [3.05, 3.63) is 69.9 Å². The molecule has 4 heterocycles. The van der Waals surface area contributed by atoms with Gasteiger partial charge in [-0.15, -0.1) is 5.06 Å². The lowest BCUT2D eigenvalue weighted by Gasteiger charge is -2.43. The van der Waals surface area contributed by atoms with Crippen LogP contribution in [0.4, 0.5) is 10.5 Å². The van der Waals surface area contributed by atoms with Gasteiger partial charge < -0.3 is 48.5 Å². The topological polar surface area (TPSA) is 291 Å². The number of allylic oxidation sites excluding steroid dienone is 3. The van der Waals surface area contributed by atoms with Gasteiger partial charge in [0, 0.05) is 75.4 Å². The Hall–Kier alpha value is -6.25. The molecule has 3 aliphatic heterocycles. The zero-order valence-corrected chi connectivity index (χ0v) is 51.0. The summed E-state index contributed by atoms with van der Waals surface area (Å²) in [4.78, 5) is 116. The number of anilines is 1. The summed E-state index contributed by atoms with van der Waals surface area (Å²) in [7, 11) is 8.60. The number of carbonyl (C=O) groups excluding carboxylic acids is 8. The van der Waals surface area contributed by atoms with Crippen LogP contribution in [0.2, 0.25) is 5.02 Å². The summed E-state index contributed by atoms with van der Waals surface area (Å²) >= 11 is 6.81. The second kappa shape index (κ2) is 29.0. The molecule has 1 aromatic heterocycles. The molecule has 1 aliphatic carbocycles. The normalized spacial score (nSPS) is 25.3. The number of carbonyl (C=O) groups is 8. The van der Waals surface area contributed by atoms with Crippen LogP contribution in [-0.4, -0.2) is 160 Å². The molecule has 4 aliphatic rings. The lowest BCUT2D eigenvalue weighted by atomic mass is 9.81. The maximum Gasteiger partial charge on any atom is 0.409 e. The van der Waals surface area contributed by atoms with Gasteiger partial charge in [0.15, 0.2) is 5.72 Å². The summed E-state index contributed by atoms with van der Waals surface area (Å²) in [5.41, 5.74) is 2.91. The molecule has 0 saturated carbocycles. The van der Waals surface area contributed by atoms with Gasteiger partial charge in [0.25, 0.3) is 11.8 Å². The van der Waals surface area contributed by atoms with Crippen LogP contribution in [0.5, 0.6) is 11.6 Å². The number of aliphatic hydroxyl groups is 2. The van der Waals surface area contributed by atoms with E-state index in [-0.39, 0.29) is 68.9 Å². The molecule has 2 fully saturated rings. The number of esters is 1. The number of likely N-dealkylation sites (N-methyl/N-ethyl adjacent to an activating group) is 1. The molecule has 1 aromatic carbocycles. The van der Waals surface area contributed by atoms with E-state index in [1.165, 1.54) is 73.6 Å². The first-order valence-electron chi connectivity index (χ1n) is 27.4. The number of hydrogen-bond donors (Lipinski definition) is 4. The number of hydrazone groups is 1. The van der Waals surface area contributed by atoms with Gasteiger partial charge >= 0.3 is 18.0 Å². The summed E-state index contributed by atoms with van der Waals surface area (Å²) in [6.07, 6.45) is 2.61. The Labute approximate surface area is 496 Å². The van der Waals surface area contributed by atoms with Gasteiger partial charge in [-0.3, -0.25) is 29.3 Å².